The van der Waals surface area contributed by atoms with Crippen LogP contribution in [0.15, 0.2) is 54.9 Å². The van der Waals surface area contributed by atoms with Crippen LogP contribution in [0.2, 0.25) is 0 Å². The predicted octanol–water partition coefficient (Wildman–Crippen LogP) is 4.04. The fourth-order valence-corrected chi connectivity index (χ4v) is 5.19. The van der Waals surface area contributed by atoms with Gasteiger partial charge in [-0.25, -0.2) is 4.98 Å². The van der Waals surface area contributed by atoms with Gasteiger partial charge in [0, 0.05) is 36.9 Å². The highest BCUT2D eigenvalue weighted by atomic mass is 32.1. The Morgan fingerprint density at radius 2 is 1.94 bits per heavy atom. The second kappa shape index (κ2) is 8.40. The lowest BCUT2D eigenvalue weighted by Gasteiger charge is -2.30. The Bertz CT molecular complexity index is 1060. The number of aromatic nitrogens is 3. The Morgan fingerprint density at radius 1 is 1.13 bits per heavy atom. The first-order valence-corrected chi connectivity index (χ1v) is 11.2. The summed E-state index contributed by atoms with van der Waals surface area (Å²) in [5.74, 6) is 0.928. The van der Waals surface area contributed by atoms with Crippen molar-refractivity contribution in [2.45, 2.75) is 44.9 Å². The van der Waals surface area contributed by atoms with Crippen molar-refractivity contribution in [1.29, 1.82) is 0 Å². The van der Waals surface area contributed by atoms with E-state index in [2.05, 4.69) is 50.7 Å². The molecule has 0 amide bonds. The third-order valence-electron chi connectivity index (χ3n) is 6.29. The van der Waals surface area contributed by atoms with E-state index in [0.717, 1.165) is 48.3 Å². The van der Waals surface area contributed by atoms with Crippen LogP contribution in [0.5, 0.6) is 0 Å². The summed E-state index contributed by atoms with van der Waals surface area (Å²) in [5.41, 5.74) is 4.56. The van der Waals surface area contributed by atoms with Gasteiger partial charge in [0.2, 0.25) is 0 Å². The lowest BCUT2D eigenvalue weighted by molar-refractivity contribution is 0.0842. The summed E-state index contributed by atoms with van der Waals surface area (Å²) in [7, 11) is 0. The molecule has 0 bridgehead atoms. The number of hydrogen-bond donors (Lipinski definition) is 1. The van der Waals surface area contributed by atoms with Gasteiger partial charge in [0.25, 0.3) is 0 Å². The van der Waals surface area contributed by atoms with E-state index in [9.17, 15) is 0 Å². The Labute approximate surface area is 188 Å². The summed E-state index contributed by atoms with van der Waals surface area (Å²) in [5, 5.41) is 4.32. The van der Waals surface area contributed by atoms with Crippen LogP contribution in [-0.2, 0) is 4.74 Å². The molecule has 3 aromatic heterocycles. The van der Waals surface area contributed by atoms with E-state index in [1.54, 1.807) is 0 Å². The minimum atomic E-state index is -0.0206. The van der Waals surface area contributed by atoms with Crippen molar-refractivity contribution in [3.63, 3.8) is 0 Å². The standard InChI is InChI=1S/C24H27N5OS/c1-16-14-19(17(2)29(16)21-10-4-6-12-26-21)23-22(20-9-3-5-11-25-20)27-24(31)28(23)15-18-8-7-13-30-18/h3-6,9-12,14,18,22-23H,7-8,13,15H2,1-2H3,(H,27,31)/t18-,22-,23-/m1/s1. The van der Waals surface area contributed by atoms with Crippen LogP contribution in [0.3, 0.4) is 0 Å². The Morgan fingerprint density at radius 3 is 2.61 bits per heavy atom. The number of ether oxygens (including phenoxy) is 1. The first-order chi connectivity index (χ1) is 15.1. The molecule has 31 heavy (non-hydrogen) atoms. The molecule has 3 atom stereocenters. The average Bonchev–Trinajstić information content (AvgIpc) is 3.49. The second-order valence-corrected chi connectivity index (χ2v) is 8.65. The monoisotopic (exact) mass is 433 g/mol. The van der Waals surface area contributed by atoms with Crippen molar-refractivity contribution in [2.24, 2.45) is 0 Å². The van der Waals surface area contributed by atoms with Crippen LogP contribution in [0, 0.1) is 13.8 Å². The number of nitrogens with one attached hydrogen (secondary N) is 1. The molecule has 0 aliphatic carbocycles. The highest BCUT2D eigenvalue weighted by molar-refractivity contribution is 7.80. The van der Waals surface area contributed by atoms with Crippen molar-refractivity contribution in [3.05, 3.63) is 77.5 Å². The van der Waals surface area contributed by atoms with E-state index in [1.807, 2.05) is 42.7 Å². The summed E-state index contributed by atoms with van der Waals surface area (Å²) < 4.78 is 8.18. The molecule has 6 nitrogen and oxygen atoms in total. The van der Waals surface area contributed by atoms with Gasteiger partial charge in [-0.1, -0.05) is 12.1 Å². The molecular formula is C24H27N5OS. The molecule has 2 fully saturated rings. The van der Waals surface area contributed by atoms with Crippen LogP contribution in [0.1, 0.15) is 47.6 Å². The van der Waals surface area contributed by atoms with Crippen molar-refractivity contribution < 1.29 is 4.74 Å². The molecule has 7 heteroatoms. The zero-order chi connectivity index (χ0) is 21.4. The quantitative estimate of drug-likeness (QED) is 0.613. The highest BCUT2D eigenvalue weighted by Crippen LogP contribution is 2.41. The van der Waals surface area contributed by atoms with Crippen molar-refractivity contribution in [3.8, 4) is 5.82 Å². The summed E-state index contributed by atoms with van der Waals surface area (Å²) in [4.78, 5) is 11.5. The Balaban J connectivity index is 1.59. The predicted molar refractivity (Wildman–Crippen MR) is 124 cm³/mol. The number of thiocarbonyl (C=S) groups is 1. The molecule has 2 saturated heterocycles. The van der Waals surface area contributed by atoms with E-state index in [1.165, 1.54) is 11.3 Å². The van der Waals surface area contributed by atoms with Gasteiger partial charge in [-0.05, 0) is 74.8 Å². The lowest BCUT2D eigenvalue weighted by atomic mass is 9.96. The molecular weight excluding hydrogens is 406 g/mol. The average molecular weight is 434 g/mol. The van der Waals surface area contributed by atoms with Crippen LogP contribution in [-0.4, -0.2) is 43.8 Å². The smallest absolute Gasteiger partial charge is 0.170 e. The fourth-order valence-electron chi connectivity index (χ4n) is 4.87. The van der Waals surface area contributed by atoms with Gasteiger partial charge in [0.1, 0.15) is 5.82 Å². The zero-order valence-electron chi connectivity index (χ0n) is 17.9. The maximum atomic E-state index is 5.96. The van der Waals surface area contributed by atoms with Gasteiger partial charge >= 0.3 is 0 Å². The Kier molecular flexibility index (Phi) is 5.46. The molecule has 2 aliphatic heterocycles. The molecule has 0 aromatic carbocycles. The molecule has 2 aliphatic rings. The second-order valence-electron chi connectivity index (χ2n) is 8.26. The van der Waals surface area contributed by atoms with Crippen molar-refractivity contribution in [1.82, 2.24) is 24.8 Å². The maximum Gasteiger partial charge on any atom is 0.170 e. The molecule has 0 spiro atoms. The van der Waals surface area contributed by atoms with Gasteiger partial charge in [-0.2, -0.15) is 0 Å². The van der Waals surface area contributed by atoms with Crippen LogP contribution in [0.4, 0.5) is 0 Å². The number of hydrogen-bond acceptors (Lipinski definition) is 4. The number of aryl methyl sites for hydroxylation is 1. The minimum Gasteiger partial charge on any atom is -0.376 e. The third-order valence-corrected chi connectivity index (χ3v) is 6.64. The first-order valence-electron chi connectivity index (χ1n) is 10.8. The molecule has 160 valence electrons. The zero-order valence-corrected chi connectivity index (χ0v) is 18.7. The van der Waals surface area contributed by atoms with Gasteiger partial charge < -0.3 is 19.5 Å². The summed E-state index contributed by atoms with van der Waals surface area (Å²) in [6.07, 6.45) is 6.08. The van der Waals surface area contributed by atoms with Crippen LogP contribution < -0.4 is 5.32 Å². The van der Waals surface area contributed by atoms with Gasteiger partial charge in [-0.3, -0.25) is 4.98 Å². The third kappa shape index (κ3) is 3.72. The van der Waals surface area contributed by atoms with E-state index < -0.39 is 0 Å². The summed E-state index contributed by atoms with van der Waals surface area (Å²) >= 11 is 5.82. The number of pyridine rings is 2. The van der Waals surface area contributed by atoms with Crippen molar-refractivity contribution >= 4 is 17.3 Å². The molecule has 0 saturated carbocycles. The van der Waals surface area contributed by atoms with Crippen LogP contribution in [0.25, 0.3) is 5.82 Å². The first kappa shape index (κ1) is 20.2. The maximum absolute atomic E-state index is 5.96. The molecule has 0 unspecified atom stereocenters. The molecule has 3 aromatic rings. The van der Waals surface area contributed by atoms with Crippen LogP contribution >= 0.6 is 12.2 Å². The normalized spacial score (nSPS) is 23.4. The SMILES string of the molecule is Cc1cc([C@@H]2[C@@H](c3ccccn3)NC(=S)N2C[C@H]2CCCO2)c(C)n1-c1ccccn1. The van der Waals surface area contributed by atoms with E-state index in [-0.39, 0.29) is 18.2 Å². The van der Waals surface area contributed by atoms with Gasteiger partial charge in [-0.15, -0.1) is 0 Å². The van der Waals surface area contributed by atoms with E-state index >= 15 is 0 Å². The summed E-state index contributed by atoms with van der Waals surface area (Å²) in [6.45, 7) is 5.92. The lowest BCUT2D eigenvalue weighted by Crippen LogP contribution is -2.36. The molecule has 5 rings (SSSR count). The number of nitrogens with zero attached hydrogens (tertiary/aromatic N) is 4. The number of rotatable bonds is 5. The molecule has 1 N–H and O–H groups in total. The largest absolute Gasteiger partial charge is 0.376 e. The topological polar surface area (TPSA) is 55.2 Å². The fraction of sp³-hybridized carbons (Fsp3) is 0.375. The van der Waals surface area contributed by atoms with Gasteiger partial charge in [0.05, 0.1) is 23.9 Å². The minimum absolute atomic E-state index is 0.0206. The Hall–Kier alpha value is -2.77. The molecule has 5 heterocycles. The van der Waals surface area contributed by atoms with Gasteiger partial charge in [0.15, 0.2) is 5.11 Å². The highest BCUT2D eigenvalue weighted by Gasteiger charge is 2.42. The van der Waals surface area contributed by atoms with E-state index in [4.69, 9.17) is 17.0 Å². The van der Waals surface area contributed by atoms with Crippen molar-refractivity contribution in [2.75, 3.05) is 13.2 Å². The van der Waals surface area contributed by atoms with E-state index in [0.29, 0.717) is 0 Å². The molecule has 0 radical (unpaired) electrons. The summed E-state index contributed by atoms with van der Waals surface area (Å²) in [6, 6.07) is 14.3.